The van der Waals surface area contributed by atoms with Crippen LogP contribution in [-0.4, -0.2) is 7.11 Å². The predicted octanol–water partition coefficient (Wildman–Crippen LogP) is 3.54. The molecule has 4 heteroatoms. The Balaban J connectivity index is 1.88. The van der Waals surface area contributed by atoms with E-state index in [4.69, 9.17) is 20.8 Å². The minimum absolute atomic E-state index is 0.630. The molecule has 0 atom stereocenters. The van der Waals surface area contributed by atoms with Crippen LogP contribution in [0.4, 0.5) is 0 Å². The van der Waals surface area contributed by atoms with Crippen LogP contribution in [-0.2, 0) is 13.1 Å². The molecule has 1 aromatic carbocycles. The van der Waals surface area contributed by atoms with E-state index in [9.17, 15) is 0 Å². The fraction of sp³-hybridized carbons (Fsp3) is 0.286. The van der Waals surface area contributed by atoms with Gasteiger partial charge in [-0.1, -0.05) is 17.7 Å². The van der Waals surface area contributed by atoms with Crippen LogP contribution in [0.15, 0.2) is 34.7 Å². The van der Waals surface area contributed by atoms with Gasteiger partial charge in [0.25, 0.3) is 0 Å². The van der Waals surface area contributed by atoms with E-state index >= 15 is 0 Å². The Labute approximate surface area is 112 Å². The van der Waals surface area contributed by atoms with Crippen LogP contribution < -0.4 is 10.1 Å². The van der Waals surface area contributed by atoms with Gasteiger partial charge in [0.2, 0.25) is 0 Å². The molecule has 0 aliphatic carbocycles. The van der Waals surface area contributed by atoms with E-state index in [1.165, 1.54) is 0 Å². The summed E-state index contributed by atoms with van der Waals surface area (Å²) in [5, 5.41) is 3.93. The second-order valence-corrected chi connectivity index (χ2v) is 4.49. The third-order valence-electron chi connectivity index (χ3n) is 2.64. The number of halogens is 1. The number of nitrogens with one attached hydrogen (secondary N) is 1. The molecule has 1 heterocycles. The fourth-order valence-electron chi connectivity index (χ4n) is 1.73. The van der Waals surface area contributed by atoms with E-state index in [1.807, 2.05) is 37.3 Å². The van der Waals surface area contributed by atoms with Gasteiger partial charge in [0, 0.05) is 6.54 Å². The highest BCUT2D eigenvalue weighted by atomic mass is 35.5. The van der Waals surface area contributed by atoms with Crippen LogP contribution in [0.2, 0.25) is 5.02 Å². The molecule has 1 N–H and O–H groups in total. The molecule has 0 saturated carbocycles. The number of hydrogen-bond acceptors (Lipinski definition) is 3. The average molecular weight is 266 g/mol. The summed E-state index contributed by atoms with van der Waals surface area (Å²) in [4.78, 5) is 0. The summed E-state index contributed by atoms with van der Waals surface area (Å²) in [6.07, 6.45) is 0. The van der Waals surface area contributed by atoms with Crippen molar-refractivity contribution in [2.75, 3.05) is 7.11 Å². The van der Waals surface area contributed by atoms with Crippen molar-refractivity contribution < 1.29 is 9.15 Å². The van der Waals surface area contributed by atoms with Crippen LogP contribution in [0.5, 0.6) is 5.75 Å². The summed E-state index contributed by atoms with van der Waals surface area (Å²) >= 11 is 6.06. The molecule has 2 aromatic rings. The molecule has 0 unspecified atom stereocenters. The third kappa shape index (κ3) is 3.28. The first-order valence-electron chi connectivity index (χ1n) is 5.77. The van der Waals surface area contributed by atoms with Gasteiger partial charge in [-0.3, -0.25) is 0 Å². The molecule has 2 rings (SSSR count). The maximum atomic E-state index is 6.06. The third-order valence-corrected chi connectivity index (χ3v) is 2.94. The van der Waals surface area contributed by atoms with Crippen LogP contribution in [0.1, 0.15) is 17.1 Å². The Kier molecular flexibility index (Phi) is 4.28. The smallest absolute Gasteiger partial charge is 0.137 e. The monoisotopic (exact) mass is 265 g/mol. The molecule has 0 radical (unpaired) electrons. The van der Waals surface area contributed by atoms with Gasteiger partial charge in [0.15, 0.2) is 0 Å². The number of hydrogen-bond donors (Lipinski definition) is 1. The van der Waals surface area contributed by atoms with Gasteiger partial charge < -0.3 is 14.5 Å². The van der Waals surface area contributed by atoms with Crippen molar-refractivity contribution in [1.29, 1.82) is 0 Å². The largest absolute Gasteiger partial charge is 0.495 e. The van der Waals surface area contributed by atoms with Gasteiger partial charge >= 0.3 is 0 Å². The Bertz CT molecular complexity index is 522. The summed E-state index contributed by atoms with van der Waals surface area (Å²) in [6, 6.07) is 9.70. The lowest BCUT2D eigenvalue weighted by atomic mass is 10.2. The van der Waals surface area contributed by atoms with Crippen molar-refractivity contribution in [3.05, 3.63) is 52.4 Å². The average Bonchev–Trinajstić information content (AvgIpc) is 2.75. The topological polar surface area (TPSA) is 34.4 Å². The molecule has 0 fully saturated rings. The summed E-state index contributed by atoms with van der Waals surface area (Å²) in [5.74, 6) is 2.56. The van der Waals surface area contributed by atoms with Crippen molar-refractivity contribution in [3.63, 3.8) is 0 Å². The van der Waals surface area contributed by atoms with Crippen molar-refractivity contribution in [3.8, 4) is 5.75 Å². The summed E-state index contributed by atoms with van der Waals surface area (Å²) in [7, 11) is 1.61. The lowest BCUT2D eigenvalue weighted by Gasteiger charge is -2.06. The molecule has 0 aliphatic rings. The molecule has 3 nitrogen and oxygen atoms in total. The Morgan fingerprint density at radius 3 is 2.67 bits per heavy atom. The SMILES string of the molecule is COc1ccc(CNCc2ccc(C)o2)cc1Cl. The molecule has 1 aromatic heterocycles. The van der Waals surface area contributed by atoms with Crippen molar-refractivity contribution >= 4 is 11.6 Å². The van der Waals surface area contributed by atoms with Gasteiger partial charge in [0.05, 0.1) is 18.7 Å². The van der Waals surface area contributed by atoms with E-state index in [-0.39, 0.29) is 0 Å². The standard InChI is InChI=1S/C14H16ClNO2/c1-10-3-5-12(18-10)9-16-8-11-4-6-14(17-2)13(15)7-11/h3-7,16H,8-9H2,1-2H3. The second kappa shape index (κ2) is 5.94. The van der Waals surface area contributed by atoms with Gasteiger partial charge in [0.1, 0.15) is 17.3 Å². The zero-order valence-electron chi connectivity index (χ0n) is 10.5. The van der Waals surface area contributed by atoms with E-state index in [1.54, 1.807) is 7.11 Å². The van der Waals surface area contributed by atoms with Crippen LogP contribution >= 0.6 is 11.6 Å². The van der Waals surface area contributed by atoms with Crippen LogP contribution in [0.25, 0.3) is 0 Å². The molecular formula is C14H16ClNO2. The molecule has 0 spiro atoms. The van der Waals surface area contributed by atoms with Gasteiger partial charge in [-0.25, -0.2) is 0 Å². The van der Waals surface area contributed by atoms with Gasteiger partial charge in [-0.05, 0) is 36.8 Å². The van der Waals surface area contributed by atoms with Crippen molar-refractivity contribution in [2.45, 2.75) is 20.0 Å². The van der Waals surface area contributed by atoms with E-state index in [0.717, 1.165) is 23.6 Å². The fourth-order valence-corrected chi connectivity index (χ4v) is 2.01. The number of furan rings is 1. The summed E-state index contributed by atoms with van der Waals surface area (Å²) in [5.41, 5.74) is 1.11. The molecule has 96 valence electrons. The second-order valence-electron chi connectivity index (χ2n) is 4.08. The molecule has 18 heavy (non-hydrogen) atoms. The Morgan fingerprint density at radius 1 is 1.22 bits per heavy atom. The molecular weight excluding hydrogens is 250 g/mol. The maximum Gasteiger partial charge on any atom is 0.137 e. The van der Waals surface area contributed by atoms with Gasteiger partial charge in [-0.2, -0.15) is 0 Å². The highest BCUT2D eigenvalue weighted by Gasteiger charge is 2.02. The van der Waals surface area contributed by atoms with E-state index in [2.05, 4.69) is 5.32 Å². The minimum Gasteiger partial charge on any atom is -0.495 e. The first-order chi connectivity index (χ1) is 8.69. The van der Waals surface area contributed by atoms with Crippen LogP contribution in [0.3, 0.4) is 0 Å². The first kappa shape index (κ1) is 13.0. The normalized spacial score (nSPS) is 10.6. The molecule has 0 bridgehead atoms. The number of rotatable bonds is 5. The Morgan fingerprint density at radius 2 is 2.06 bits per heavy atom. The maximum absolute atomic E-state index is 6.06. The first-order valence-corrected chi connectivity index (χ1v) is 6.15. The van der Waals surface area contributed by atoms with Crippen LogP contribution in [0, 0.1) is 6.92 Å². The quantitative estimate of drug-likeness (QED) is 0.898. The minimum atomic E-state index is 0.630. The van der Waals surface area contributed by atoms with Crippen molar-refractivity contribution in [1.82, 2.24) is 5.32 Å². The lowest BCUT2D eigenvalue weighted by Crippen LogP contribution is -2.12. The predicted molar refractivity (Wildman–Crippen MR) is 72.0 cm³/mol. The van der Waals surface area contributed by atoms with Crippen molar-refractivity contribution in [2.24, 2.45) is 0 Å². The number of methoxy groups -OCH3 is 1. The zero-order chi connectivity index (χ0) is 13.0. The zero-order valence-corrected chi connectivity index (χ0v) is 11.3. The lowest BCUT2D eigenvalue weighted by molar-refractivity contribution is 0.414. The Hall–Kier alpha value is -1.45. The molecule has 0 amide bonds. The van der Waals surface area contributed by atoms with E-state index < -0.39 is 0 Å². The highest BCUT2D eigenvalue weighted by molar-refractivity contribution is 6.32. The molecule has 0 aliphatic heterocycles. The molecule has 0 saturated heterocycles. The van der Waals surface area contributed by atoms with Gasteiger partial charge in [-0.15, -0.1) is 0 Å². The number of ether oxygens (including phenoxy) is 1. The number of benzene rings is 1. The summed E-state index contributed by atoms with van der Waals surface area (Å²) in [6.45, 7) is 3.38. The highest BCUT2D eigenvalue weighted by Crippen LogP contribution is 2.24. The number of aryl methyl sites for hydroxylation is 1. The van der Waals surface area contributed by atoms with E-state index in [0.29, 0.717) is 17.3 Å². The summed E-state index contributed by atoms with van der Waals surface area (Å²) < 4.78 is 10.6.